The van der Waals surface area contributed by atoms with E-state index in [4.69, 9.17) is 0 Å². The molecule has 4 nitrogen and oxygen atoms in total. The summed E-state index contributed by atoms with van der Waals surface area (Å²) in [6, 6.07) is 8.20. The van der Waals surface area contributed by atoms with Crippen molar-refractivity contribution in [3.05, 3.63) is 30.6 Å². The van der Waals surface area contributed by atoms with E-state index in [0.717, 1.165) is 17.8 Å². The Kier molecular flexibility index (Phi) is 1.39. The zero-order chi connectivity index (χ0) is 9.54. The van der Waals surface area contributed by atoms with Crippen LogP contribution in [0.4, 0.5) is 0 Å². The van der Waals surface area contributed by atoms with Crippen molar-refractivity contribution in [1.82, 2.24) is 19.2 Å². The number of aromatic nitrogens is 4. The first-order chi connectivity index (χ1) is 6.92. The van der Waals surface area contributed by atoms with Gasteiger partial charge in [0.15, 0.2) is 0 Å². The van der Waals surface area contributed by atoms with Crippen molar-refractivity contribution in [1.29, 1.82) is 0 Å². The Morgan fingerprint density at radius 1 is 1.21 bits per heavy atom. The Morgan fingerprint density at radius 3 is 2.79 bits per heavy atom. The lowest BCUT2D eigenvalue weighted by atomic mass is 10.3. The summed E-state index contributed by atoms with van der Waals surface area (Å²) in [7, 11) is 0. The molecule has 2 aromatic heterocycles. The number of benzene rings is 1. The van der Waals surface area contributed by atoms with Crippen molar-refractivity contribution < 1.29 is 0 Å². The van der Waals surface area contributed by atoms with Gasteiger partial charge >= 0.3 is 0 Å². The Morgan fingerprint density at radius 2 is 2.00 bits per heavy atom. The molecule has 3 rings (SSSR count). The van der Waals surface area contributed by atoms with Crippen molar-refractivity contribution in [2.45, 2.75) is 13.5 Å². The van der Waals surface area contributed by atoms with Crippen molar-refractivity contribution in [3.8, 4) is 0 Å². The fourth-order valence-electron chi connectivity index (χ4n) is 1.88. The van der Waals surface area contributed by atoms with E-state index in [1.54, 1.807) is 6.33 Å². The minimum absolute atomic E-state index is 0.911. The molecule has 0 radical (unpaired) electrons. The monoisotopic (exact) mass is 186 g/mol. The minimum Gasteiger partial charge on any atom is -0.309 e. The SMILES string of the molecule is CCn1c2ccccc2n2ncnc12. The molecule has 0 aliphatic rings. The third-order valence-corrected chi connectivity index (χ3v) is 2.49. The van der Waals surface area contributed by atoms with Crippen LogP contribution in [0.5, 0.6) is 0 Å². The maximum absolute atomic E-state index is 4.24. The van der Waals surface area contributed by atoms with Crippen LogP contribution in [0.2, 0.25) is 0 Å². The lowest BCUT2D eigenvalue weighted by Crippen LogP contribution is -1.93. The van der Waals surface area contributed by atoms with Crippen LogP contribution in [0.1, 0.15) is 6.92 Å². The summed E-state index contributed by atoms with van der Waals surface area (Å²) < 4.78 is 4.03. The molecule has 4 heteroatoms. The molecule has 2 heterocycles. The van der Waals surface area contributed by atoms with Gasteiger partial charge < -0.3 is 4.57 Å². The maximum atomic E-state index is 4.24. The molecule has 0 aliphatic carbocycles. The van der Waals surface area contributed by atoms with Gasteiger partial charge in [0.2, 0.25) is 5.78 Å². The van der Waals surface area contributed by atoms with Crippen LogP contribution in [0.15, 0.2) is 30.6 Å². The van der Waals surface area contributed by atoms with Crippen molar-refractivity contribution in [2.24, 2.45) is 0 Å². The number of hydrogen-bond donors (Lipinski definition) is 0. The summed E-state index contributed by atoms with van der Waals surface area (Å²) in [5.41, 5.74) is 2.30. The molecule has 0 spiro atoms. The molecule has 0 saturated heterocycles. The van der Waals surface area contributed by atoms with Crippen LogP contribution >= 0.6 is 0 Å². The molecule has 1 aromatic carbocycles. The van der Waals surface area contributed by atoms with Crippen LogP contribution in [-0.2, 0) is 6.54 Å². The standard InChI is InChI=1S/C10H10N4/c1-2-13-8-5-3-4-6-9(8)14-10(13)11-7-12-14/h3-7H,2H2,1H3. The summed E-state index contributed by atoms with van der Waals surface area (Å²) in [5, 5.41) is 4.20. The van der Waals surface area contributed by atoms with Crippen molar-refractivity contribution >= 4 is 16.8 Å². The summed E-state index contributed by atoms with van der Waals surface area (Å²) >= 11 is 0. The molecule has 3 aromatic rings. The number of rotatable bonds is 1. The molecule has 0 bridgehead atoms. The Hall–Kier alpha value is -1.84. The summed E-state index contributed by atoms with van der Waals surface area (Å²) in [4.78, 5) is 4.24. The number of para-hydroxylation sites is 2. The largest absolute Gasteiger partial charge is 0.309 e. The lowest BCUT2D eigenvalue weighted by molar-refractivity contribution is 0.802. The Balaban J connectivity index is 2.62. The third-order valence-electron chi connectivity index (χ3n) is 2.49. The molecule has 0 unspecified atom stereocenters. The normalized spacial score (nSPS) is 11.5. The van der Waals surface area contributed by atoms with Gasteiger partial charge in [-0.05, 0) is 19.1 Å². The van der Waals surface area contributed by atoms with E-state index in [1.807, 2.05) is 16.6 Å². The number of aryl methyl sites for hydroxylation is 1. The highest BCUT2D eigenvalue weighted by molar-refractivity contribution is 5.80. The molecule has 0 fully saturated rings. The van der Waals surface area contributed by atoms with E-state index >= 15 is 0 Å². The summed E-state index contributed by atoms with van der Waals surface area (Å²) in [5.74, 6) is 0.911. The first-order valence-electron chi connectivity index (χ1n) is 4.69. The van der Waals surface area contributed by atoms with E-state index in [-0.39, 0.29) is 0 Å². The molecule has 14 heavy (non-hydrogen) atoms. The summed E-state index contributed by atoms with van der Waals surface area (Å²) in [6.45, 7) is 3.02. The maximum Gasteiger partial charge on any atom is 0.233 e. The lowest BCUT2D eigenvalue weighted by Gasteiger charge is -1.97. The molecular formula is C10H10N4. The van der Waals surface area contributed by atoms with E-state index < -0.39 is 0 Å². The zero-order valence-electron chi connectivity index (χ0n) is 7.88. The van der Waals surface area contributed by atoms with Crippen LogP contribution in [0.25, 0.3) is 16.8 Å². The molecule has 0 N–H and O–H groups in total. The molecule has 0 saturated carbocycles. The van der Waals surface area contributed by atoms with Gasteiger partial charge in [0, 0.05) is 6.54 Å². The average Bonchev–Trinajstić information content (AvgIpc) is 2.77. The highest BCUT2D eigenvalue weighted by Crippen LogP contribution is 2.17. The number of fused-ring (bicyclic) bond motifs is 3. The van der Waals surface area contributed by atoms with Crippen LogP contribution in [0.3, 0.4) is 0 Å². The number of nitrogens with zero attached hydrogens (tertiary/aromatic N) is 4. The Labute approximate surface area is 80.8 Å². The first kappa shape index (κ1) is 7.55. The fourth-order valence-corrected chi connectivity index (χ4v) is 1.88. The van der Waals surface area contributed by atoms with E-state index in [9.17, 15) is 0 Å². The molecule has 0 atom stereocenters. The van der Waals surface area contributed by atoms with Gasteiger partial charge in [0.05, 0.1) is 11.0 Å². The van der Waals surface area contributed by atoms with Gasteiger partial charge in [-0.1, -0.05) is 12.1 Å². The number of imidazole rings is 1. The fraction of sp³-hybridized carbons (Fsp3) is 0.200. The molecule has 0 amide bonds. The second-order valence-electron chi connectivity index (χ2n) is 3.20. The van der Waals surface area contributed by atoms with E-state index in [1.165, 1.54) is 5.52 Å². The highest BCUT2D eigenvalue weighted by Gasteiger charge is 2.09. The average molecular weight is 186 g/mol. The van der Waals surface area contributed by atoms with Gasteiger partial charge in [-0.2, -0.15) is 14.6 Å². The second-order valence-corrected chi connectivity index (χ2v) is 3.20. The Bertz CT molecular complexity index is 590. The third kappa shape index (κ3) is 0.775. The van der Waals surface area contributed by atoms with Crippen LogP contribution in [-0.4, -0.2) is 19.2 Å². The topological polar surface area (TPSA) is 35.1 Å². The van der Waals surface area contributed by atoms with Gasteiger partial charge in [-0.3, -0.25) is 0 Å². The van der Waals surface area contributed by atoms with Crippen molar-refractivity contribution in [2.75, 3.05) is 0 Å². The van der Waals surface area contributed by atoms with Crippen molar-refractivity contribution in [3.63, 3.8) is 0 Å². The van der Waals surface area contributed by atoms with Crippen LogP contribution < -0.4 is 0 Å². The highest BCUT2D eigenvalue weighted by atomic mass is 15.4. The van der Waals surface area contributed by atoms with Gasteiger partial charge in [0.25, 0.3) is 0 Å². The zero-order valence-corrected chi connectivity index (χ0v) is 7.88. The molecule has 70 valence electrons. The first-order valence-corrected chi connectivity index (χ1v) is 4.69. The molecular weight excluding hydrogens is 176 g/mol. The van der Waals surface area contributed by atoms with Gasteiger partial charge in [0.1, 0.15) is 6.33 Å². The van der Waals surface area contributed by atoms with Gasteiger partial charge in [-0.25, -0.2) is 0 Å². The minimum atomic E-state index is 0.911. The predicted octanol–water partition coefficient (Wildman–Crippen LogP) is 1.70. The van der Waals surface area contributed by atoms with Gasteiger partial charge in [-0.15, -0.1) is 0 Å². The molecule has 0 aliphatic heterocycles. The predicted molar refractivity (Wildman–Crippen MR) is 54.2 cm³/mol. The smallest absolute Gasteiger partial charge is 0.233 e. The quantitative estimate of drug-likeness (QED) is 0.579. The van der Waals surface area contributed by atoms with Crippen LogP contribution in [0, 0.1) is 0 Å². The van der Waals surface area contributed by atoms with E-state index in [2.05, 4.69) is 33.7 Å². The second kappa shape index (κ2) is 2.57. The summed E-state index contributed by atoms with van der Waals surface area (Å²) in [6.07, 6.45) is 1.59. The number of hydrogen-bond acceptors (Lipinski definition) is 2. The van der Waals surface area contributed by atoms with E-state index in [0.29, 0.717) is 0 Å².